The lowest BCUT2D eigenvalue weighted by atomic mass is 10.1. The summed E-state index contributed by atoms with van der Waals surface area (Å²) in [6.45, 7) is 1.91. The van der Waals surface area contributed by atoms with Gasteiger partial charge in [0.15, 0.2) is 5.17 Å². The Bertz CT molecular complexity index is 1450. The largest absolute Gasteiger partial charge is 0.416 e. The maximum absolute atomic E-state index is 13.5. The van der Waals surface area contributed by atoms with Crippen LogP contribution in [0.1, 0.15) is 29.5 Å². The van der Waals surface area contributed by atoms with E-state index in [4.69, 9.17) is 11.6 Å². The van der Waals surface area contributed by atoms with Gasteiger partial charge in [0, 0.05) is 35.6 Å². The highest BCUT2D eigenvalue weighted by Gasteiger charge is 2.43. The van der Waals surface area contributed by atoms with Gasteiger partial charge in [0.05, 0.1) is 28.7 Å². The molecule has 0 radical (unpaired) electrons. The van der Waals surface area contributed by atoms with Crippen LogP contribution in [0.4, 0.5) is 13.2 Å². The van der Waals surface area contributed by atoms with Crippen LogP contribution in [0.15, 0.2) is 52.5 Å². The highest BCUT2D eigenvalue weighted by molar-refractivity contribution is 8.18. The number of carbonyl (C=O) groups excluding carboxylic acids is 1. The van der Waals surface area contributed by atoms with E-state index in [0.717, 1.165) is 48.1 Å². The van der Waals surface area contributed by atoms with Gasteiger partial charge in [0.2, 0.25) is 0 Å². The maximum atomic E-state index is 13.5. The average Bonchev–Trinajstić information content (AvgIpc) is 3.48. The molecule has 2 aromatic carbocycles. The Morgan fingerprint density at radius 2 is 1.89 bits per heavy atom. The van der Waals surface area contributed by atoms with E-state index in [0.29, 0.717) is 22.5 Å². The van der Waals surface area contributed by atoms with Crippen molar-refractivity contribution in [3.63, 3.8) is 0 Å². The molecule has 3 aliphatic rings. The molecule has 0 saturated carbocycles. The lowest BCUT2D eigenvalue weighted by Gasteiger charge is -2.40. The smallest absolute Gasteiger partial charge is 0.342 e. The zero-order valence-electron chi connectivity index (χ0n) is 19.9. The predicted octanol–water partition coefficient (Wildman–Crippen LogP) is 5.51. The molecule has 6 nitrogen and oxygen atoms in total. The predicted molar refractivity (Wildman–Crippen MR) is 139 cm³/mol. The molecule has 2 bridgehead atoms. The SMILES string of the molecule is CN1CC2CCC(C1)N2C1=NC(=O)/C(=C/c2ccc3c(cnn3Cc3ccc(Cl)cc3C(F)(F)F)c2)S1. The fourth-order valence-corrected chi connectivity index (χ4v) is 6.75. The number of thioether (sulfide) groups is 1. The van der Waals surface area contributed by atoms with Crippen molar-refractivity contribution < 1.29 is 18.0 Å². The number of rotatable bonds is 3. The lowest BCUT2D eigenvalue weighted by Crippen LogP contribution is -2.53. The molecule has 3 aromatic rings. The summed E-state index contributed by atoms with van der Waals surface area (Å²) >= 11 is 7.22. The van der Waals surface area contributed by atoms with Gasteiger partial charge in [-0.2, -0.15) is 23.3 Å². The normalized spacial score (nSPS) is 23.5. The fourth-order valence-electron chi connectivity index (χ4n) is 5.52. The molecule has 2 saturated heterocycles. The van der Waals surface area contributed by atoms with Crippen LogP contribution < -0.4 is 0 Å². The van der Waals surface area contributed by atoms with Crippen molar-refractivity contribution in [3.8, 4) is 0 Å². The molecule has 4 heterocycles. The van der Waals surface area contributed by atoms with E-state index in [1.54, 1.807) is 6.20 Å². The summed E-state index contributed by atoms with van der Waals surface area (Å²) in [5, 5.41) is 5.91. The summed E-state index contributed by atoms with van der Waals surface area (Å²) in [6, 6.07) is 10.1. The second-order valence-electron chi connectivity index (χ2n) is 9.74. The van der Waals surface area contributed by atoms with E-state index in [1.165, 1.54) is 28.6 Å². The number of aromatic nitrogens is 2. The van der Waals surface area contributed by atoms with E-state index in [-0.39, 0.29) is 23.0 Å². The topological polar surface area (TPSA) is 53.7 Å². The van der Waals surface area contributed by atoms with Gasteiger partial charge in [-0.15, -0.1) is 0 Å². The average molecular weight is 546 g/mol. The Labute approximate surface area is 220 Å². The Balaban J connectivity index is 1.22. The number of nitrogens with zero attached hydrogens (tertiary/aromatic N) is 5. The van der Waals surface area contributed by atoms with Gasteiger partial charge in [0.25, 0.3) is 5.91 Å². The lowest BCUT2D eigenvalue weighted by molar-refractivity contribution is -0.138. The van der Waals surface area contributed by atoms with Crippen LogP contribution in [0.3, 0.4) is 0 Å². The number of halogens is 4. The number of likely N-dealkylation sites (tertiary alicyclic amines) is 1. The van der Waals surface area contributed by atoms with Crippen molar-refractivity contribution in [2.75, 3.05) is 20.1 Å². The Morgan fingerprint density at radius 3 is 2.62 bits per heavy atom. The summed E-state index contributed by atoms with van der Waals surface area (Å²) in [6.07, 6.45) is 1.15. The first kappa shape index (κ1) is 24.5. The number of piperazine rings is 1. The van der Waals surface area contributed by atoms with Crippen molar-refractivity contribution in [1.82, 2.24) is 19.6 Å². The zero-order chi connectivity index (χ0) is 25.9. The number of carbonyl (C=O) groups is 1. The molecular weight excluding hydrogens is 523 g/mol. The van der Waals surface area contributed by atoms with Gasteiger partial charge < -0.3 is 9.80 Å². The highest BCUT2D eigenvalue weighted by atomic mass is 35.5. The first-order chi connectivity index (χ1) is 17.7. The summed E-state index contributed by atoms with van der Waals surface area (Å²) in [4.78, 5) is 22.3. The van der Waals surface area contributed by atoms with Crippen molar-refractivity contribution >= 4 is 51.4 Å². The standard InChI is InChI=1S/C26H23ClF3N5OS/c1-33-13-19-5-6-20(14-33)35(19)25-32-24(36)23(37-25)9-15-2-7-22-17(8-15)11-31-34(22)12-16-3-4-18(27)10-21(16)26(28,29)30/h2-4,7-11,19-20H,5-6,12-14H2,1H3/b23-9-. The van der Waals surface area contributed by atoms with Crippen molar-refractivity contribution in [1.29, 1.82) is 0 Å². The number of benzene rings is 2. The molecule has 0 spiro atoms. The number of alkyl halides is 3. The quantitative estimate of drug-likeness (QED) is 0.407. The molecule has 11 heteroatoms. The summed E-state index contributed by atoms with van der Waals surface area (Å²) < 4.78 is 42.1. The molecule has 1 amide bonds. The van der Waals surface area contributed by atoms with Crippen molar-refractivity contribution in [2.45, 2.75) is 37.6 Å². The zero-order valence-corrected chi connectivity index (χ0v) is 21.4. The molecular formula is C26H23ClF3N5OS. The summed E-state index contributed by atoms with van der Waals surface area (Å²) in [7, 11) is 2.13. The Morgan fingerprint density at radius 1 is 1.14 bits per heavy atom. The van der Waals surface area contributed by atoms with E-state index < -0.39 is 11.7 Å². The van der Waals surface area contributed by atoms with Gasteiger partial charge >= 0.3 is 6.18 Å². The number of aliphatic imine (C=N–C) groups is 1. The highest BCUT2D eigenvalue weighted by Crippen LogP contribution is 2.38. The summed E-state index contributed by atoms with van der Waals surface area (Å²) in [5.41, 5.74) is 0.819. The third-order valence-electron chi connectivity index (χ3n) is 7.16. The molecule has 1 aromatic heterocycles. The van der Waals surface area contributed by atoms with Crippen molar-refractivity contribution in [3.05, 3.63) is 69.2 Å². The second kappa shape index (κ2) is 9.18. The van der Waals surface area contributed by atoms with E-state index >= 15 is 0 Å². The van der Waals surface area contributed by atoms with Crippen molar-refractivity contribution in [2.24, 2.45) is 4.99 Å². The van der Waals surface area contributed by atoms with Crippen LogP contribution in [0.5, 0.6) is 0 Å². The number of amidine groups is 1. The van der Waals surface area contributed by atoms with Crippen LogP contribution >= 0.6 is 23.4 Å². The van der Waals surface area contributed by atoms with E-state index in [1.807, 2.05) is 24.3 Å². The molecule has 0 aliphatic carbocycles. The minimum absolute atomic E-state index is 0.0332. The van der Waals surface area contributed by atoms with Gasteiger partial charge in [-0.3, -0.25) is 9.48 Å². The number of amides is 1. The van der Waals surface area contributed by atoms with E-state index in [9.17, 15) is 18.0 Å². The van der Waals surface area contributed by atoms with Gasteiger partial charge in [-0.05, 0) is 73.1 Å². The maximum Gasteiger partial charge on any atom is 0.416 e. The molecule has 0 N–H and O–H groups in total. The molecule has 37 heavy (non-hydrogen) atoms. The number of hydrogen-bond acceptors (Lipinski definition) is 5. The third-order valence-corrected chi connectivity index (χ3v) is 8.39. The molecule has 2 unspecified atom stereocenters. The first-order valence-corrected chi connectivity index (χ1v) is 13.2. The van der Waals surface area contributed by atoms with Crippen LogP contribution in [0, 0.1) is 0 Å². The van der Waals surface area contributed by atoms with E-state index in [2.05, 4.69) is 26.9 Å². The summed E-state index contributed by atoms with van der Waals surface area (Å²) in [5.74, 6) is -0.239. The number of likely N-dealkylation sites (N-methyl/N-ethyl adjacent to an activating group) is 1. The van der Waals surface area contributed by atoms with Gasteiger partial charge in [-0.25, -0.2) is 0 Å². The fraction of sp³-hybridized carbons (Fsp3) is 0.346. The molecule has 2 fully saturated rings. The molecule has 2 atom stereocenters. The minimum Gasteiger partial charge on any atom is -0.342 e. The van der Waals surface area contributed by atoms with Crippen LogP contribution in [-0.2, 0) is 17.5 Å². The molecule has 3 aliphatic heterocycles. The number of fused-ring (bicyclic) bond motifs is 3. The van der Waals surface area contributed by atoms with Gasteiger partial charge in [0.1, 0.15) is 0 Å². The Hall–Kier alpha value is -2.82. The van der Waals surface area contributed by atoms with Crippen LogP contribution in [0.25, 0.3) is 17.0 Å². The van der Waals surface area contributed by atoms with Gasteiger partial charge in [-0.1, -0.05) is 23.7 Å². The monoisotopic (exact) mass is 545 g/mol. The minimum atomic E-state index is -4.52. The third kappa shape index (κ3) is 4.66. The number of hydrogen-bond donors (Lipinski definition) is 0. The first-order valence-electron chi connectivity index (χ1n) is 12.0. The van der Waals surface area contributed by atoms with Crippen LogP contribution in [-0.4, -0.2) is 62.9 Å². The Kier molecular flexibility index (Phi) is 6.08. The molecule has 6 rings (SSSR count). The molecule has 192 valence electrons. The second-order valence-corrected chi connectivity index (χ2v) is 11.2. The van der Waals surface area contributed by atoms with Crippen LogP contribution in [0.2, 0.25) is 5.02 Å².